The SMILES string of the molecule is CCNC(=NCc1cccc(CS(=O)(=O)NC)c1)N1CCC2(CCOC2)C1.I. The van der Waals surface area contributed by atoms with Crippen molar-refractivity contribution in [3.63, 3.8) is 0 Å². The number of halogens is 1. The lowest BCUT2D eigenvalue weighted by atomic mass is 9.87. The van der Waals surface area contributed by atoms with E-state index in [0.29, 0.717) is 6.54 Å². The zero-order chi connectivity index (χ0) is 19.3. The third kappa shape index (κ3) is 6.04. The Bertz CT molecular complexity index is 779. The Labute approximate surface area is 185 Å². The normalized spacial score (nSPS) is 22.5. The summed E-state index contributed by atoms with van der Waals surface area (Å²) in [5, 5.41) is 3.39. The minimum Gasteiger partial charge on any atom is -0.381 e. The topological polar surface area (TPSA) is 83.0 Å². The molecule has 0 amide bonds. The van der Waals surface area contributed by atoms with E-state index in [0.717, 1.165) is 62.8 Å². The Hall–Kier alpha value is -0.910. The molecule has 1 atom stereocenters. The number of sulfonamides is 1. The predicted octanol–water partition coefficient (Wildman–Crippen LogP) is 1.93. The van der Waals surface area contributed by atoms with Crippen LogP contribution < -0.4 is 10.0 Å². The van der Waals surface area contributed by atoms with E-state index in [1.54, 1.807) is 0 Å². The minimum atomic E-state index is -3.27. The first-order valence-corrected chi connectivity index (χ1v) is 11.2. The van der Waals surface area contributed by atoms with Gasteiger partial charge in [0, 0.05) is 31.7 Å². The number of likely N-dealkylation sites (tertiary alicyclic amines) is 1. The van der Waals surface area contributed by atoms with Crippen LogP contribution in [0.5, 0.6) is 0 Å². The summed E-state index contributed by atoms with van der Waals surface area (Å²) in [6.07, 6.45) is 2.28. The predicted molar refractivity (Wildman–Crippen MR) is 122 cm³/mol. The first kappa shape index (κ1) is 23.4. The molecule has 0 bridgehead atoms. The number of aliphatic imine (C=N–C) groups is 1. The van der Waals surface area contributed by atoms with Crippen LogP contribution in [0.25, 0.3) is 0 Å². The molecule has 2 N–H and O–H groups in total. The average molecular weight is 522 g/mol. The van der Waals surface area contributed by atoms with Gasteiger partial charge in [0.15, 0.2) is 5.96 Å². The fourth-order valence-electron chi connectivity index (χ4n) is 3.79. The Morgan fingerprint density at radius 3 is 2.79 bits per heavy atom. The van der Waals surface area contributed by atoms with Crippen LogP contribution in [0.2, 0.25) is 0 Å². The molecule has 0 aromatic heterocycles. The second-order valence-corrected chi connectivity index (χ2v) is 9.35. The second-order valence-electron chi connectivity index (χ2n) is 7.43. The third-order valence-electron chi connectivity index (χ3n) is 5.33. The van der Waals surface area contributed by atoms with Crippen molar-refractivity contribution in [2.45, 2.75) is 32.1 Å². The first-order chi connectivity index (χ1) is 13.0. The minimum absolute atomic E-state index is 0. The van der Waals surface area contributed by atoms with Gasteiger partial charge in [-0.05, 0) is 37.9 Å². The molecule has 2 aliphatic heterocycles. The van der Waals surface area contributed by atoms with E-state index < -0.39 is 10.0 Å². The number of rotatable bonds is 6. The van der Waals surface area contributed by atoms with Gasteiger partial charge in [-0.1, -0.05) is 24.3 Å². The number of guanidine groups is 1. The average Bonchev–Trinajstić information content (AvgIpc) is 3.29. The molecular weight excluding hydrogens is 491 g/mol. The van der Waals surface area contributed by atoms with Crippen LogP contribution in [-0.2, 0) is 27.1 Å². The van der Waals surface area contributed by atoms with Gasteiger partial charge in [0.25, 0.3) is 0 Å². The van der Waals surface area contributed by atoms with E-state index in [1.807, 2.05) is 24.3 Å². The second kappa shape index (κ2) is 10.2. The van der Waals surface area contributed by atoms with E-state index in [1.165, 1.54) is 7.05 Å². The Balaban J connectivity index is 0.00000280. The van der Waals surface area contributed by atoms with Crippen molar-refractivity contribution >= 4 is 40.0 Å². The number of hydrogen-bond acceptors (Lipinski definition) is 4. The van der Waals surface area contributed by atoms with Crippen molar-refractivity contribution in [2.75, 3.05) is 39.9 Å². The van der Waals surface area contributed by atoms with Gasteiger partial charge in [-0.2, -0.15) is 0 Å². The Morgan fingerprint density at radius 2 is 2.11 bits per heavy atom. The van der Waals surface area contributed by atoms with Crippen molar-refractivity contribution in [3.05, 3.63) is 35.4 Å². The van der Waals surface area contributed by atoms with E-state index >= 15 is 0 Å². The van der Waals surface area contributed by atoms with E-state index in [2.05, 4.69) is 21.9 Å². The van der Waals surface area contributed by atoms with Gasteiger partial charge in [0.1, 0.15) is 0 Å². The maximum atomic E-state index is 11.8. The summed E-state index contributed by atoms with van der Waals surface area (Å²) in [5.41, 5.74) is 2.06. The number of benzene rings is 1. The molecule has 2 aliphatic rings. The van der Waals surface area contributed by atoms with Crippen LogP contribution in [-0.4, -0.2) is 59.2 Å². The fourth-order valence-corrected chi connectivity index (χ4v) is 4.55. The molecule has 1 aromatic rings. The van der Waals surface area contributed by atoms with Gasteiger partial charge in [-0.3, -0.25) is 0 Å². The quantitative estimate of drug-likeness (QED) is 0.339. The molecular formula is C19H31IN4O3S. The monoisotopic (exact) mass is 522 g/mol. The van der Waals surface area contributed by atoms with Gasteiger partial charge < -0.3 is 15.0 Å². The lowest BCUT2D eigenvalue weighted by Gasteiger charge is -2.25. The van der Waals surface area contributed by atoms with Crippen LogP contribution >= 0.6 is 24.0 Å². The molecule has 1 aromatic carbocycles. The Morgan fingerprint density at radius 1 is 1.32 bits per heavy atom. The van der Waals surface area contributed by atoms with Crippen LogP contribution in [0.15, 0.2) is 29.3 Å². The molecule has 2 fully saturated rings. The lowest BCUT2D eigenvalue weighted by molar-refractivity contribution is 0.156. The number of nitrogens with one attached hydrogen (secondary N) is 2. The lowest BCUT2D eigenvalue weighted by Crippen LogP contribution is -2.41. The molecule has 3 rings (SSSR count). The van der Waals surface area contributed by atoms with Gasteiger partial charge in [0.2, 0.25) is 10.0 Å². The molecule has 158 valence electrons. The smallest absolute Gasteiger partial charge is 0.215 e. The molecule has 2 saturated heterocycles. The summed E-state index contributed by atoms with van der Waals surface area (Å²) in [7, 11) is -1.84. The molecule has 0 aliphatic carbocycles. The molecule has 0 radical (unpaired) electrons. The van der Waals surface area contributed by atoms with Gasteiger partial charge >= 0.3 is 0 Å². The summed E-state index contributed by atoms with van der Waals surface area (Å²) in [4.78, 5) is 7.13. The van der Waals surface area contributed by atoms with Gasteiger partial charge in [-0.25, -0.2) is 18.1 Å². The van der Waals surface area contributed by atoms with Crippen molar-refractivity contribution in [3.8, 4) is 0 Å². The highest BCUT2D eigenvalue weighted by Crippen LogP contribution is 2.38. The van der Waals surface area contributed by atoms with Crippen molar-refractivity contribution in [2.24, 2.45) is 10.4 Å². The number of nitrogens with zero attached hydrogens (tertiary/aromatic N) is 2. The molecule has 9 heteroatoms. The van der Waals surface area contributed by atoms with Gasteiger partial charge in [0.05, 0.1) is 18.9 Å². The molecule has 1 unspecified atom stereocenters. The molecule has 0 saturated carbocycles. The summed E-state index contributed by atoms with van der Waals surface area (Å²) in [5.74, 6) is 0.907. The number of ether oxygens (including phenoxy) is 1. The van der Waals surface area contributed by atoms with Crippen molar-refractivity contribution in [1.29, 1.82) is 0 Å². The van der Waals surface area contributed by atoms with Crippen LogP contribution in [0.4, 0.5) is 0 Å². The highest BCUT2D eigenvalue weighted by atomic mass is 127. The first-order valence-electron chi connectivity index (χ1n) is 9.55. The van der Waals surface area contributed by atoms with Crippen LogP contribution in [0.3, 0.4) is 0 Å². The zero-order valence-electron chi connectivity index (χ0n) is 16.6. The van der Waals surface area contributed by atoms with E-state index in [4.69, 9.17) is 9.73 Å². The van der Waals surface area contributed by atoms with Crippen LogP contribution in [0.1, 0.15) is 30.9 Å². The summed E-state index contributed by atoms with van der Waals surface area (Å²) < 4.78 is 31.5. The molecule has 1 spiro atoms. The standard InChI is InChI=1S/C19H30N4O3S.HI/c1-3-21-18(23-9-7-19(14-23)8-10-26-15-19)22-12-16-5-4-6-17(11-16)13-27(24,25)20-2;/h4-6,11,20H,3,7-10,12-15H2,1-2H3,(H,21,22);1H. The highest BCUT2D eigenvalue weighted by Gasteiger charge is 2.42. The van der Waals surface area contributed by atoms with E-state index in [-0.39, 0.29) is 35.1 Å². The summed E-state index contributed by atoms with van der Waals surface area (Å²) in [6.45, 7) is 7.11. The summed E-state index contributed by atoms with van der Waals surface area (Å²) in [6, 6.07) is 7.62. The van der Waals surface area contributed by atoms with E-state index in [9.17, 15) is 8.42 Å². The zero-order valence-corrected chi connectivity index (χ0v) is 19.8. The van der Waals surface area contributed by atoms with Crippen molar-refractivity contribution in [1.82, 2.24) is 14.9 Å². The molecule has 28 heavy (non-hydrogen) atoms. The Kier molecular flexibility index (Phi) is 8.53. The third-order valence-corrected chi connectivity index (χ3v) is 6.66. The molecule has 7 nitrogen and oxygen atoms in total. The van der Waals surface area contributed by atoms with Crippen molar-refractivity contribution < 1.29 is 13.2 Å². The maximum absolute atomic E-state index is 11.8. The van der Waals surface area contributed by atoms with Crippen LogP contribution in [0, 0.1) is 5.41 Å². The largest absolute Gasteiger partial charge is 0.381 e. The molecule has 2 heterocycles. The summed E-state index contributed by atoms with van der Waals surface area (Å²) >= 11 is 0. The highest BCUT2D eigenvalue weighted by molar-refractivity contribution is 14.0. The van der Waals surface area contributed by atoms with Gasteiger partial charge in [-0.15, -0.1) is 24.0 Å². The maximum Gasteiger partial charge on any atom is 0.215 e. The fraction of sp³-hybridized carbons (Fsp3) is 0.632. The number of hydrogen-bond donors (Lipinski definition) is 2.